The van der Waals surface area contributed by atoms with E-state index in [2.05, 4.69) is 73.5 Å². The molecule has 0 aliphatic carbocycles. The monoisotopic (exact) mass is 510 g/mol. The number of benzene rings is 2. The largest absolute Gasteiger partial charge is 0.481 e. The number of hydrogen-bond donors (Lipinski definition) is 2. The predicted molar refractivity (Wildman–Crippen MR) is 155 cm³/mol. The van der Waals surface area contributed by atoms with Gasteiger partial charge in [0.25, 0.3) is 5.91 Å². The zero-order valence-electron chi connectivity index (χ0n) is 23.1. The number of rotatable bonds is 11. The van der Waals surface area contributed by atoms with E-state index in [-0.39, 0.29) is 12.3 Å². The molecule has 198 valence electrons. The maximum atomic E-state index is 13.0. The van der Waals surface area contributed by atoms with Gasteiger partial charge < -0.3 is 10.4 Å². The molecule has 3 aromatic rings. The van der Waals surface area contributed by atoms with Crippen LogP contribution in [0, 0.1) is 0 Å². The fraction of sp³-hybridized carbons (Fsp3) is 0.303. The Morgan fingerprint density at radius 2 is 1.53 bits per heavy atom. The number of carboxylic acids is 1. The molecular formula is C33H38N2O3. The lowest BCUT2D eigenvalue weighted by atomic mass is 9.92. The average Bonchev–Trinajstić information content (AvgIpc) is 2.94. The van der Waals surface area contributed by atoms with Crippen LogP contribution >= 0.6 is 0 Å². The number of hydrogen-bond acceptors (Lipinski definition) is 3. The van der Waals surface area contributed by atoms with Crippen LogP contribution in [-0.4, -0.2) is 22.0 Å². The molecule has 0 atom stereocenters. The minimum Gasteiger partial charge on any atom is -0.481 e. The SMILES string of the molecule is C/C=C(/C)c1cc(CNC(=O)c2cncc(Cc3ccc(CC)c(/C(=C\C)CC(=O)O)c3)c2)ccc1CC. The number of carbonyl (C=O) groups excluding carboxylic acids is 1. The fourth-order valence-electron chi connectivity index (χ4n) is 4.65. The van der Waals surface area contributed by atoms with Gasteiger partial charge in [-0.1, -0.05) is 56.3 Å². The molecule has 0 unspecified atom stereocenters. The summed E-state index contributed by atoms with van der Waals surface area (Å²) in [6.45, 7) is 10.7. The second kappa shape index (κ2) is 13.5. The van der Waals surface area contributed by atoms with Crippen molar-refractivity contribution in [3.8, 4) is 0 Å². The quantitative estimate of drug-likeness (QED) is 0.290. The number of aryl methyl sites for hydroxylation is 2. The number of allylic oxidation sites excluding steroid dienone is 3. The molecule has 2 N–H and O–H groups in total. The first kappa shape index (κ1) is 28.6. The van der Waals surface area contributed by atoms with Crippen LogP contribution < -0.4 is 5.32 Å². The molecule has 0 fully saturated rings. The van der Waals surface area contributed by atoms with E-state index in [0.717, 1.165) is 46.2 Å². The van der Waals surface area contributed by atoms with Gasteiger partial charge in [0.05, 0.1) is 12.0 Å². The number of nitrogens with one attached hydrogen (secondary N) is 1. The van der Waals surface area contributed by atoms with Crippen molar-refractivity contribution in [1.82, 2.24) is 10.3 Å². The molecule has 38 heavy (non-hydrogen) atoms. The molecule has 0 aliphatic rings. The molecule has 3 rings (SSSR count). The Balaban J connectivity index is 1.76. The molecule has 1 heterocycles. The van der Waals surface area contributed by atoms with Crippen LogP contribution in [0.25, 0.3) is 11.1 Å². The lowest BCUT2D eigenvalue weighted by molar-refractivity contribution is -0.135. The second-order valence-electron chi connectivity index (χ2n) is 9.49. The van der Waals surface area contributed by atoms with Gasteiger partial charge in [0.1, 0.15) is 0 Å². The lowest BCUT2D eigenvalue weighted by Crippen LogP contribution is -2.23. The molecule has 0 saturated heterocycles. The Labute approximate surface area is 226 Å². The Kier molecular flexibility index (Phi) is 10.2. The van der Waals surface area contributed by atoms with Gasteiger partial charge in [0.15, 0.2) is 0 Å². The van der Waals surface area contributed by atoms with Crippen LogP contribution in [0.2, 0.25) is 0 Å². The van der Waals surface area contributed by atoms with Crippen molar-refractivity contribution >= 4 is 23.0 Å². The van der Waals surface area contributed by atoms with Gasteiger partial charge in [0, 0.05) is 18.9 Å². The van der Waals surface area contributed by atoms with Crippen LogP contribution in [0.3, 0.4) is 0 Å². The number of amides is 1. The first-order chi connectivity index (χ1) is 18.3. The Hall–Kier alpha value is -3.99. The van der Waals surface area contributed by atoms with E-state index in [1.165, 1.54) is 16.7 Å². The van der Waals surface area contributed by atoms with E-state index < -0.39 is 5.97 Å². The second-order valence-corrected chi connectivity index (χ2v) is 9.49. The van der Waals surface area contributed by atoms with E-state index in [1.807, 2.05) is 26.0 Å². The standard InChI is InChI=1S/C33H38N2O3/c1-6-22(5)30-17-24(11-13-26(30)7-2)20-35-33(38)29-15-25(19-34-21-29)14-23-10-12-27(8-3)31(16-23)28(9-4)18-32(36)37/h6,9-13,15-17,19,21H,7-8,14,18,20H2,1-5H3,(H,35,38)(H,36,37)/b22-6-,28-9-. The van der Waals surface area contributed by atoms with Crippen molar-refractivity contribution < 1.29 is 14.7 Å². The summed E-state index contributed by atoms with van der Waals surface area (Å²) in [6.07, 6.45) is 9.71. The molecule has 0 aliphatic heterocycles. The molecule has 1 amide bonds. The van der Waals surface area contributed by atoms with Crippen LogP contribution in [0.5, 0.6) is 0 Å². The van der Waals surface area contributed by atoms with E-state index in [0.29, 0.717) is 18.5 Å². The summed E-state index contributed by atoms with van der Waals surface area (Å²) in [5, 5.41) is 12.4. The molecule has 5 heteroatoms. The van der Waals surface area contributed by atoms with Crippen molar-refractivity contribution in [1.29, 1.82) is 0 Å². The van der Waals surface area contributed by atoms with Gasteiger partial charge >= 0.3 is 5.97 Å². The van der Waals surface area contributed by atoms with Crippen LogP contribution in [-0.2, 0) is 30.6 Å². The molecule has 5 nitrogen and oxygen atoms in total. The van der Waals surface area contributed by atoms with Gasteiger partial charge in [-0.2, -0.15) is 0 Å². The summed E-state index contributed by atoms with van der Waals surface area (Å²) in [4.78, 5) is 28.6. The van der Waals surface area contributed by atoms with Crippen molar-refractivity contribution in [3.63, 3.8) is 0 Å². The highest BCUT2D eigenvalue weighted by Crippen LogP contribution is 2.26. The Bertz CT molecular complexity index is 1370. The highest BCUT2D eigenvalue weighted by molar-refractivity contribution is 5.94. The minimum absolute atomic E-state index is 0.0128. The smallest absolute Gasteiger partial charge is 0.307 e. The van der Waals surface area contributed by atoms with E-state index >= 15 is 0 Å². The summed E-state index contributed by atoms with van der Waals surface area (Å²) in [6, 6.07) is 14.4. The third-order valence-corrected chi connectivity index (χ3v) is 6.92. The van der Waals surface area contributed by atoms with E-state index in [4.69, 9.17) is 0 Å². The maximum Gasteiger partial charge on any atom is 0.307 e. The molecular weight excluding hydrogens is 472 g/mol. The summed E-state index contributed by atoms with van der Waals surface area (Å²) in [5.74, 6) is -1.01. The van der Waals surface area contributed by atoms with Gasteiger partial charge in [-0.25, -0.2) is 0 Å². The third-order valence-electron chi connectivity index (χ3n) is 6.92. The van der Waals surface area contributed by atoms with Crippen molar-refractivity contribution in [2.45, 2.75) is 66.8 Å². The summed E-state index contributed by atoms with van der Waals surface area (Å²) in [5.41, 5.74) is 10.2. The Morgan fingerprint density at radius 1 is 0.868 bits per heavy atom. The highest BCUT2D eigenvalue weighted by atomic mass is 16.4. The predicted octanol–water partition coefficient (Wildman–Crippen LogP) is 7.03. The number of aliphatic carboxylic acids is 1. The molecule has 1 aromatic heterocycles. The van der Waals surface area contributed by atoms with E-state index in [9.17, 15) is 14.7 Å². The first-order valence-electron chi connectivity index (χ1n) is 13.3. The van der Waals surface area contributed by atoms with Gasteiger partial charge in [0.2, 0.25) is 0 Å². The fourth-order valence-corrected chi connectivity index (χ4v) is 4.65. The summed E-state index contributed by atoms with van der Waals surface area (Å²) in [7, 11) is 0. The number of aromatic nitrogens is 1. The number of carbonyl (C=O) groups is 2. The number of nitrogens with zero attached hydrogens (tertiary/aromatic N) is 1. The lowest BCUT2D eigenvalue weighted by Gasteiger charge is -2.14. The zero-order chi connectivity index (χ0) is 27.7. The number of pyridine rings is 1. The van der Waals surface area contributed by atoms with Crippen molar-refractivity contribution in [2.75, 3.05) is 0 Å². The normalized spacial score (nSPS) is 11.9. The third kappa shape index (κ3) is 7.28. The first-order valence-corrected chi connectivity index (χ1v) is 13.3. The topological polar surface area (TPSA) is 79.3 Å². The zero-order valence-corrected chi connectivity index (χ0v) is 23.1. The number of carboxylic acid groups (broad SMARTS) is 1. The van der Waals surface area contributed by atoms with Crippen LogP contribution in [0.4, 0.5) is 0 Å². The van der Waals surface area contributed by atoms with Crippen LogP contribution in [0.15, 0.2) is 67.0 Å². The van der Waals surface area contributed by atoms with Crippen LogP contribution in [0.1, 0.15) is 90.3 Å². The minimum atomic E-state index is -0.844. The molecule has 0 spiro atoms. The molecule has 2 aromatic carbocycles. The van der Waals surface area contributed by atoms with Crippen molar-refractivity contribution in [2.24, 2.45) is 0 Å². The average molecular weight is 511 g/mol. The Morgan fingerprint density at radius 3 is 2.16 bits per heavy atom. The van der Waals surface area contributed by atoms with E-state index in [1.54, 1.807) is 12.4 Å². The molecule has 0 bridgehead atoms. The summed E-state index contributed by atoms with van der Waals surface area (Å²) >= 11 is 0. The van der Waals surface area contributed by atoms with Crippen molar-refractivity contribution in [3.05, 3.63) is 112 Å². The van der Waals surface area contributed by atoms with Gasteiger partial charge in [-0.05, 0) is 102 Å². The molecule has 0 radical (unpaired) electrons. The highest BCUT2D eigenvalue weighted by Gasteiger charge is 2.13. The molecule has 0 saturated carbocycles. The maximum absolute atomic E-state index is 13.0. The van der Waals surface area contributed by atoms with Gasteiger partial charge in [-0.15, -0.1) is 0 Å². The summed E-state index contributed by atoms with van der Waals surface area (Å²) < 4.78 is 0. The van der Waals surface area contributed by atoms with Gasteiger partial charge in [-0.3, -0.25) is 14.6 Å².